The molecule has 0 saturated carbocycles. The Morgan fingerprint density at radius 3 is 2.38 bits per heavy atom. The predicted molar refractivity (Wildman–Crippen MR) is 68.7 cm³/mol. The number of nitrogen functional groups attached to an aromatic ring is 1. The van der Waals surface area contributed by atoms with Crippen molar-refractivity contribution in [1.82, 2.24) is 9.36 Å². The van der Waals surface area contributed by atoms with Crippen LogP contribution >= 0.6 is 11.5 Å². The summed E-state index contributed by atoms with van der Waals surface area (Å²) in [5.74, 6) is 1.21. The molecule has 4 nitrogen and oxygen atoms in total. The van der Waals surface area contributed by atoms with Gasteiger partial charge in [0.1, 0.15) is 0 Å². The zero-order chi connectivity index (χ0) is 11.8. The van der Waals surface area contributed by atoms with Gasteiger partial charge in [-0.15, -0.1) is 0 Å². The zero-order valence-electron chi connectivity index (χ0n) is 10.2. The molecule has 2 rings (SSSR count). The smallest absolute Gasteiger partial charge is 0.233 e. The molecule has 0 atom stereocenters. The van der Waals surface area contributed by atoms with Crippen molar-refractivity contribution in [2.24, 2.45) is 11.3 Å². The van der Waals surface area contributed by atoms with Gasteiger partial charge in [-0.2, -0.15) is 9.36 Å². The Balaban J connectivity index is 1.95. The fourth-order valence-corrected chi connectivity index (χ4v) is 2.94. The number of aromatic nitrogens is 2. The van der Waals surface area contributed by atoms with E-state index < -0.39 is 0 Å². The minimum atomic E-state index is 0.401. The third-order valence-electron chi connectivity index (χ3n) is 3.42. The molecule has 16 heavy (non-hydrogen) atoms. The lowest BCUT2D eigenvalue weighted by Gasteiger charge is -2.38. The van der Waals surface area contributed by atoms with Crippen molar-refractivity contribution in [3.63, 3.8) is 0 Å². The molecule has 0 unspecified atom stereocenters. The summed E-state index contributed by atoms with van der Waals surface area (Å²) in [4.78, 5) is 6.53. The molecule has 0 spiro atoms. The van der Waals surface area contributed by atoms with Gasteiger partial charge < -0.3 is 10.6 Å². The van der Waals surface area contributed by atoms with E-state index in [4.69, 9.17) is 5.73 Å². The van der Waals surface area contributed by atoms with Crippen molar-refractivity contribution in [2.45, 2.75) is 33.6 Å². The van der Waals surface area contributed by atoms with Crippen molar-refractivity contribution in [2.75, 3.05) is 23.7 Å². The molecular weight excluding hydrogens is 220 g/mol. The Morgan fingerprint density at radius 2 is 1.94 bits per heavy atom. The van der Waals surface area contributed by atoms with Crippen LogP contribution in [0.15, 0.2) is 0 Å². The Kier molecular flexibility index (Phi) is 3.06. The number of anilines is 2. The molecule has 0 radical (unpaired) electrons. The first-order valence-corrected chi connectivity index (χ1v) is 6.58. The van der Waals surface area contributed by atoms with E-state index in [-0.39, 0.29) is 0 Å². The van der Waals surface area contributed by atoms with Crippen LogP contribution in [-0.2, 0) is 0 Å². The Morgan fingerprint density at radius 1 is 1.31 bits per heavy atom. The highest BCUT2D eigenvalue weighted by Crippen LogP contribution is 2.35. The van der Waals surface area contributed by atoms with Gasteiger partial charge in [0, 0.05) is 24.6 Å². The van der Waals surface area contributed by atoms with Gasteiger partial charge >= 0.3 is 0 Å². The molecule has 2 heterocycles. The normalized spacial score (nSPS) is 19.1. The van der Waals surface area contributed by atoms with Crippen LogP contribution in [0.5, 0.6) is 0 Å². The van der Waals surface area contributed by atoms with Crippen LogP contribution in [-0.4, -0.2) is 22.4 Å². The molecule has 90 valence electrons. The summed E-state index contributed by atoms with van der Waals surface area (Å²) in [5, 5.41) is 0.977. The highest BCUT2D eigenvalue weighted by molar-refractivity contribution is 7.09. The van der Waals surface area contributed by atoms with Crippen LogP contribution in [0.4, 0.5) is 11.1 Å². The molecule has 1 fully saturated rings. The molecule has 0 amide bonds. The first kappa shape index (κ1) is 11.6. The first-order valence-electron chi connectivity index (χ1n) is 5.81. The SMILES string of the molecule is CC(C)(C)C1CCN(c2nc(N)ns2)CC1. The Labute approximate surface area is 101 Å². The van der Waals surface area contributed by atoms with E-state index in [1.807, 2.05) is 0 Å². The molecule has 2 N–H and O–H groups in total. The standard InChI is InChI=1S/C11H20N4S/c1-11(2,3)8-4-6-15(7-5-8)10-13-9(12)14-16-10/h8H,4-7H2,1-3H3,(H2,12,14). The molecular formula is C11H20N4S. The molecule has 0 aromatic carbocycles. The van der Waals surface area contributed by atoms with Crippen LogP contribution in [0.1, 0.15) is 33.6 Å². The van der Waals surface area contributed by atoms with E-state index >= 15 is 0 Å². The molecule has 1 aromatic rings. The van der Waals surface area contributed by atoms with Gasteiger partial charge in [-0.25, -0.2) is 0 Å². The second-order valence-electron chi connectivity index (χ2n) is 5.56. The first-order chi connectivity index (χ1) is 7.47. The number of piperidine rings is 1. The molecule has 1 saturated heterocycles. The number of nitrogens with zero attached hydrogens (tertiary/aromatic N) is 3. The number of hydrogen-bond donors (Lipinski definition) is 1. The number of rotatable bonds is 1. The third-order valence-corrected chi connectivity index (χ3v) is 4.21. The van der Waals surface area contributed by atoms with Gasteiger partial charge in [0.15, 0.2) is 0 Å². The van der Waals surface area contributed by atoms with Crippen LogP contribution in [0.2, 0.25) is 0 Å². The Hall–Kier alpha value is -0.840. The summed E-state index contributed by atoms with van der Waals surface area (Å²) in [6, 6.07) is 0. The Bertz CT molecular complexity index is 347. The van der Waals surface area contributed by atoms with Crippen molar-refractivity contribution >= 4 is 22.6 Å². The second-order valence-corrected chi connectivity index (χ2v) is 6.29. The molecule has 0 aliphatic carbocycles. The number of hydrogen-bond acceptors (Lipinski definition) is 5. The van der Waals surface area contributed by atoms with Gasteiger partial charge in [-0.05, 0) is 24.2 Å². The maximum atomic E-state index is 5.54. The van der Waals surface area contributed by atoms with E-state index in [0.717, 1.165) is 24.1 Å². The lowest BCUT2D eigenvalue weighted by Crippen LogP contribution is -2.37. The van der Waals surface area contributed by atoms with Crippen LogP contribution < -0.4 is 10.6 Å². The lowest BCUT2D eigenvalue weighted by atomic mass is 9.75. The van der Waals surface area contributed by atoms with Crippen LogP contribution in [0, 0.1) is 11.3 Å². The highest BCUT2D eigenvalue weighted by Gasteiger charge is 2.29. The van der Waals surface area contributed by atoms with Gasteiger partial charge in [-0.1, -0.05) is 20.8 Å². The zero-order valence-corrected chi connectivity index (χ0v) is 11.0. The highest BCUT2D eigenvalue weighted by atomic mass is 32.1. The maximum Gasteiger partial charge on any atom is 0.233 e. The van der Waals surface area contributed by atoms with Crippen LogP contribution in [0.3, 0.4) is 0 Å². The van der Waals surface area contributed by atoms with Gasteiger partial charge in [0.2, 0.25) is 11.1 Å². The van der Waals surface area contributed by atoms with Gasteiger partial charge in [-0.3, -0.25) is 0 Å². The van der Waals surface area contributed by atoms with E-state index in [1.165, 1.54) is 24.4 Å². The molecule has 1 aromatic heterocycles. The monoisotopic (exact) mass is 240 g/mol. The molecule has 1 aliphatic rings. The van der Waals surface area contributed by atoms with Gasteiger partial charge in [0.25, 0.3) is 0 Å². The summed E-state index contributed by atoms with van der Waals surface area (Å²) < 4.78 is 4.03. The summed E-state index contributed by atoms with van der Waals surface area (Å²) in [7, 11) is 0. The summed E-state index contributed by atoms with van der Waals surface area (Å²) >= 11 is 1.40. The average Bonchev–Trinajstić information content (AvgIpc) is 2.64. The number of nitrogens with two attached hydrogens (primary N) is 1. The minimum absolute atomic E-state index is 0.401. The predicted octanol–water partition coefficient (Wildman–Crippen LogP) is 2.38. The van der Waals surface area contributed by atoms with Crippen molar-refractivity contribution in [3.05, 3.63) is 0 Å². The largest absolute Gasteiger partial charge is 0.367 e. The summed E-state index contributed by atoms with van der Waals surface area (Å²) in [6.07, 6.45) is 2.48. The van der Waals surface area contributed by atoms with E-state index in [1.54, 1.807) is 0 Å². The third kappa shape index (κ3) is 2.45. The quantitative estimate of drug-likeness (QED) is 0.819. The maximum absolute atomic E-state index is 5.54. The van der Waals surface area contributed by atoms with Gasteiger partial charge in [0.05, 0.1) is 0 Å². The van der Waals surface area contributed by atoms with Crippen molar-refractivity contribution < 1.29 is 0 Å². The second kappa shape index (κ2) is 4.20. The molecule has 0 bridgehead atoms. The topological polar surface area (TPSA) is 55.0 Å². The van der Waals surface area contributed by atoms with Crippen LogP contribution in [0.25, 0.3) is 0 Å². The molecule has 1 aliphatic heterocycles. The minimum Gasteiger partial charge on any atom is -0.367 e. The van der Waals surface area contributed by atoms with E-state index in [0.29, 0.717) is 11.4 Å². The average molecular weight is 240 g/mol. The van der Waals surface area contributed by atoms with Crippen molar-refractivity contribution in [1.29, 1.82) is 0 Å². The summed E-state index contributed by atoms with van der Waals surface area (Å²) in [6.45, 7) is 9.15. The fraction of sp³-hybridized carbons (Fsp3) is 0.818. The molecule has 5 heteroatoms. The van der Waals surface area contributed by atoms with E-state index in [2.05, 4.69) is 35.0 Å². The fourth-order valence-electron chi connectivity index (χ4n) is 2.29. The van der Waals surface area contributed by atoms with Crippen molar-refractivity contribution in [3.8, 4) is 0 Å². The van der Waals surface area contributed by atoms with E-state index in [9.17, 15) is 0 Å². The summed E-state index contributed by atoms with van der Waals surface area (Å²) in [5.41, 5.74) is 5.97. The lowest BCUT2D eigenvalue weighted by molar-refractivity contribution is 0.199.